The quantitative estimate of drug-likeness (QED) is 0.612. The maximum absolute atomic E-state index is 12.9. The van der Waals surface area contributed by atoms with Crippen molar-refractivity contribution >= 4 is 34.2 Å². The Hall–Kier alpha value is -2.83. The van der Waals surface area contributed by atoms with Gasteiger partial charge in [-0.25, -0.2) is 4.98 Å². The highest BCUT2D eigenvalue weighted by molar-refractivity contribution is 6.30. The number of para-hydroxylation sites is 1. The second-order valence-corrected chi connectivity index (χ2v) is 8.95. The first-order valence-corrected chi connectivity index (χ1v) is 11.5. The van der Waals surface area contributed by atoms with Crippen LogP contribution in [0.3, 0.4) is 0 Å². The summed E-state index contributed by atoms with van der Waals surface area (Å²) >= 11 is 6.19. The average Bonchev–Trinajstić information content (AvgIpc) is 3.63. The number of fused-ring (bicyclic) bond motifs is 1. The van der Waals surface area contributed by atoms with Gasteiger partial charge in [-0.1, -0.05) is 29.8 Å². The van der Waals surface area contributed by atoms with Gasteiger partial charge in [0.1, 0.15) is 11.6 Å². The van der Waals surface area contributed by atoms with Crippen LogP contribution < -0.4 is 15.0 Å². The number of carbonyl (C=O) groups excluding carboxylic acids is 1. The molecule has 1 N–H and O–H groups in total. The van der Waals surface area contributed by atoms with Crippen LogP contribution >= 0.6 is 11.6 Å². The Kier molecular flexibility index (Phi) is 5.89. The Morgan fingerprint density at radius 1 is 1.12 bits per heavy atom. The number of amides is 1. The maximum Gasteiger partial charge on any atom is 0.252 e. The summed E-state index contributed by atoms with van der Waals surface area (Å²) in [5.74, 6) is 1.73. The predicted octanol–water partition coefficient (Wildman–Crippen LogP) is 4.11. The molecule has 2 aromatic carbocycles. The Morgan fingerprint density at radius 3 is 2.66 bits per heavy atom. The van der Waals surface area contributed by atoms with E-state index in [1.54, 1.807) is 7.11 Å². The van der Waals surface area contributed by atoms with Crippen molar-refractivity contribution in [2.24, 2.45) is 0 Å². The Bertz CT molecular complexity index is 1140. The van der Waals surface area contributed by atoms with Crippen LogP contribution in [-0.4, -0.2) is 55.1 Å². The fourth-order valence-electron chi connectivity index (χ4n) is 4.25. The van der Waals surface area contributed by atoms with E-state index in [0.717, 1.165) is 78.6 Å². The molecular formula is C25H27ClN4O2. The van der Waals surface area contributed by atoms with Crippen LogP contribution in [0.25, 0.3) is 10.9 Å². The summed E-state index contributed by atoms with van der Waals surface area (Å²) in [7, 11) is 1.69. The molecule has 0 spiro atoms. The van der Waals surface area contributed by atoms with E-state index in [4.69, 9.17) is 21.3 Å². The molecule has 0 unspecified atom stereocenters. The van der Waals surface area contributed by atoms with Crippen LogP contribution in [0.1, 0.15) is 28.8 Å². The number of halogens is 1. The minimum atomic E-state index is -0.000891. The number of anilines is 1. The summed E-state index contributed by atoms with van der Waals surface area (Å²) in [5, 5.41) is 4.75. The number of rotatable bonds is 6. The molecule has 1 aromatic heterocycles. The second kappa shape index (κ2) is 8.96. The number of nitrogens with zero attached hydrogens (tertiary/aromatic N) is 3. The van der Waals surface area contributed by atoms with Crippen molar-refractivity contribution in [1.82, 2.24) is 15.2 Å². The lowest BCUT2D eigenvalue weighted by Crippen LogP contribution is -2.46. The second-order valence-electron chi connectivity index (χ2n) is 8.51. The molecule has 2 heterocycles. The lowest BCUT2D eigenvalue weighted by atomic mass is 10.1. The standard InChI is InChI=1S/C25H27ClN4O2/c1-32-23-9-6-18(26)14-17(23)16-29-10-12-30(13-11-29)24-15-21(25(31)27-19-7-8-19)20-4-2-3-5-22(20)28-24/h2-6,9,14-15,19H,7-8,10-13,16H2,1H3,(H,27,31). The van der Waals surface area contributed by atoms with E-state index >= 15 is 0 Å². The number of aromatic nitrogens is 1. The summed E-state index contributed by atoms with van der Waals surface area (Å²) in [6.07, 6.45) is 2.14. The number of pyridine rings is 1. The number of ether oxygens (including phenoxy) is 1. The van der Waals surface area contributed by atoms with Gasteiger partial charge < -0.3 is 15.0 Å². The number of piperazine rings is 1. The molecule has 0 atom stereocenters. The van der Waals surface area contributed by atoms with Crippen molar-refractivity contribution in [1.29, 1.82) is 0 Å². The first kappa shape index (κ1) is 21.0. The van der Waals surface area contributed by atoms with Gasteiger partial charge in [0.2, 0.25) is 0 Å². The molecule has 1 aliphatic heterocycles. The molecule has 1 saturated heterocycles. The third kappa shape index (κ3) is 4.52. The van der Waals surface area contributed by atoms with Gasteiger partial charge in [-0.3, -0.25) is 9.69 Å². The molecule has 5 rings (SSSR count). The fraction of sp³-hybridized carbons (Fsp3) is 0.360. The molecule has 166 valence electrons. The van der Waals surface area contributed by atoms with Crippen LogP contribution in [0.5, 0.6) is 5.75 Å². The van der Waals surface area contributed by atoms with E-state index in [1.165, 1.54) is 0 Å². The lowest BCUT2D eigenvalue weighted by molar-refractivity contribution is 0.0952. The van der Waals surface area contributed by atoms with E-state index < -0.39 is 0 Å². The molecule has 1 amide bonds. The van der Waals surface area contributed by atoms with Crippen LogP contribution in [0.2, 0.25) is 5.02 Å². The number of nitrogens with one attached hydrogen (secondary N) is 1. The third-order valence-electron chi connectivity index (χ3n) is 6.19. The summed E-state index contributed by atoms with van der Waals surface area (Å²) in [5.41, 5.74) is 2.66. The smallest absolute Gasteiger partial charge is 0.252 e. The van der Waals surface area contributed by atoms with Gasteiger partial charge in [-0.15, -0.1) is 0 Å². The molecule has 32 heavy (non-hydrogen) atoms. The first-order valence-electron chi connectivity index (χ1n) is 11.1. The monoisotopic (exact) mass is 450 g/mol. The van der Waals surface area contributed by atoms with Gasteiger partial charge in [-0.2, -0.15) is 0 Å². The molecule has 2 aliphatic rings. The Balaban J connectivity index is 1.32. The topological polar surface area (TPSA) is 57.7 Å². The molecular weight excluding hydrogens is 424 g/mol. The summed E-state index contributed by atoms with van der Waals surface area (Å²) in [6, 6.07) is 15.9. The van der Waals surface area contributed by atoms with E-state index in [2.05, 4.69) is 15.1 Å². The van der Waals surface area contributed by atoms with Gasteiger partial charge in [-0.05, 0) is 43.2 Å². The van der Waals surface area contributed by atoms with Gasteiger partial charge in [0.05, 0.1) is 18.2 Å². The van der Waals surface area contributed by atoms with Crippen LogP contribution in [0, 0.1) is 0 Å². The summed E-state index contributed by atoms with van der Waals surface area (Å²) < 4.78 is 5.50. The molecule has 1 aliphatic carbocycles. The normalized spacial score (nSPS) is 16.9. The lowest BCUT2D eigenvalue weighted by Gasteiger charge is -2.36. The minimum Gasteiger partial charge on any atom is -0.496 e. The number of carbonyl (C=O) groups is 1. The van der Waals surface area contributed by atoms with Crippen molar-refractivity contribution in [3.63, 3.8) is 0 Å². The first-order chi connectivity index (χ1) is 15.6. The van der Waals surface area contributed by atoms with Gasteiger partial charge in [0, 0.05) is 54.7 Å². The average molecular weight is 451 g/mol. The zero-order valence-corrected chi connectivity index (χ0v) is 18.9. The van der Waals surface area contributed by atoms with Crippen molar-refractivity contribution in [2.75, 3.05) is 38.2 Å². The molecule has 3 aromatic rings. The van der Waals surface area contributed by atoms with Crippen molar-refractivity contribution < 1.29 is 9.53 Å². The largest absolute Gasteiger partial charge is 0.496 e. The predicted molar refractivity (Wildman–Crippen MR) is 128 cm³/mol. The number of hydrogen-bond acceptors (Lipinski definition) is 5. The number of methoxy groups -OCH3 is 1. The zero-order chi connectivity index (χ0) is 22.1. The Morgan fingerprint density at radius 2 is 1.91 bits per heavy atom. The molecule has 0 radical (unpaired) electrons. The van der Waals surface area contributed by atoms with E-state index in [0.29, 0.717) is 11.6 Å². The van der Waals surface area contributed by atoms with Crippen molar-refractivity contribution in [3.8, 4) is 5.75 Å². The molecule has 7 heteroatoms. The van der Waals surface area contributed by atoms with Gasteiger partial charge in [0.15, 0.2) is 0 Å². The highest BCUT2D eigenvalue weighted by Gasteiger charge is 2.26. The van der Waals surface area contributed by atoms with E-state index in [-0.39, 0.29) is 5.91 Å². The third-order valence-corrected chi connectivity index (χ3v) is 6.43. The van der Waals surface area contributed by atoms with E-state index in [1.807, 2.05) is 48.5 Å². The van der Waals surface area contributed by atoms with Crippen molar-refractivity contribution in [3.05, 3.63) is 64.7 Å². The fourth-order valence-corrected chi connectivity index (χ4v) is 4.44. The number of benzene rings is 2. The minimum absolute atomic E-state index is 0.000891. The molecule has 1 saturated carbocycles. The molecule has 0 bridgehead atoms. The molecule has 6 nitrogen and oxygen atoms in total. The Labute approximate surface area is 193 Å². The van der Waals surface area contributed by atoms with Gasteiger partial charge in [0.25, 0.3) is 5.91 Å². The highest BCUT2D eigenvalue weighted by atomic mass is 35.5. The maximum atomic E-state index is 12.9. The highest BCUT2D eigenvalue weighted by Crippen LogP contribution is 2.27. The number of hydrogen-bond donors (Lipinski definition) is 1. The van der Waals surface area contributed by atoms with Crippen LogP contribution in [0.4, 0.5) is 5.82 Å². The summed E-state index contributed by atoms with van der Waals surface area (Å²) in [4.78, 5) is 22.4. The molecule has 2 fully saturated rings. The summed E-state index contributed by atoms with van der Waals surface area (Å²) in [6.45, 7) is 4.27. The van der Waals surface area contributed by atoms with Crippen LogP contribution in [-0.2, 0) is 6.54 Å². The van der Waals surface area contributed by atoms with Crippen LogP contribution in [0.15, 0.2) is 48.5 Å². The van der Waals surface area contributed by atoms with Crippen molar-refractivity contribution in [2.45, 2.75) is 25.4 Å². The van der Waals surface area contributed by atoms with Gasteiger partial charge >= 0.3 is 0 Å². The zero-order valence-electron chi connectivity index (χ0n) is 18.2. The SMILES string of the molecule is COc1ccc(Cl)cc1CN1CCN(c2cc(C(=O)NC3CC3)c3ccccc3n2)CC1. The van der Waals surface area contributed by atoms with E-state index in [9.17, 15) is 4.79 Å².